The van der Waals surface area contributed by atoms with E-state index in [1.807, 2.05) is 0 Å². The summed E-state index contributed by atoms with van der Waals surface area (Å²) in [5, 5.41) is 3.76. The zero-order valence-electron chi connectivity index (χ0n) is 7.95. The third-order valence-corrected chi connectivity index (χ3v) is 3.54. The Bertz CT molecular complexity index is 367. The van der Waals surface area contributed by atoms with Crippen LogP contribution in [0.2, 0.25) is 0 Å². The number of carbonyl (C=O) groups excluding carboxylic acids is 1. The Kier molecular flexibility index (Phi) is 3.06. The molecule has 0 saturated carbocycles. The topological polar surface area (TPSA) is 63.2 Å². The largest absolute Gasteiger partial charge is 0.348 e. The van der Waals surface area contributed by atoms with Crippen molar-refractivity contribution in [1.29, 1.82) is 0 Å². The Morgan fingerprint density at radius 3 is 2.50 bits per heavy atom. The summed E-state index contributed by atoms with van der Waals surface area (Å²) < 4.78 is 21.4. The van der Waals surface area contributed by atoms with Crippen molar-refractivity contribution in [3.8, 4) is 0 Å². The molecule has 14 heavy (non-hydrogen) atoms. The number of amides is 1. The molecule has 0 aromatic carbocycles. The molecule has 80 valence electrons. The lowest BCUT2D eigenvalue weighted by atomic mass is 10.2. The van der Waals surface area contributed by atoms with Gasteiger partial charge >= 0.3 is 0 Å². The normalized spacial score (nSPS) is 24.9. The van der Waals surface area contributed by atoms with Crippen molar-refractivity contribution in [3.05, 3.63) is 11.5 Å². The molecule has 6 heteroatoms. The average Bonchev–Trinajstić information content (AvgIpc) is 2.28. The quantitative estimate of drug-likeness (QED) is 0.754. The summed E-state index contributed by atoms with van der Waals surface area (Å²) in [4.78, 5) is 11.4. The Labute approximate surface area is 91.8 Å². The average molecular weight is 282 g/mol. The van der Waals surface area contributed by atoms with Gasteiger partial charge in [0.1, 0.15) is 0 Å². The van der Waals surface area contributed by atoms with E-state index in [2.05, 4.69) is 21.2 Å². The highest BCUT2D eigenvalue weighted by atomic mass is 79.9. The number of sulfone groups is 1. The Balaban J connectivity index is 2.58. The summed E-state index contributed by atoms with van der Waals surface area (Å²) in [5.74, 6) is -0.258. The van der Waals surface area contributed by atoms with Gasteiger partial charge in [0.25, 0.3) is 0 Å². The third kappa shape index (κ3) is 3.09. The minimum Gasteiger partial charge on any atom is -0.348 e. The third-order valence-electron chi connectivity index (χ3n) is 1.79. The van der Waals surface area contributed by atoms with E-state index in [0.717, 1.165) is 5.41 Å². The van der Waals surface area contributed by atoms with Crippen molar-refractivity contribution in [3.63, 3.8) is 0 Å². The van der Waals surface area contributed by atoms with Gasteiger partial charge in [0.15, 0.2) is 9.84 Å². The molecule has 0 aliphatic carbocycles. The highest BCUT2D eigenvalue weighted by Crippen LogP contribution is 2.17. The van der Waals surface area contributed by atoms with Gasteiger partial charge in [-0.15, -0.1) is 0 Å². The second-order valence-electron chi connectivity index (χ2n) is 3.71. The molecule has 4 nitrogen and oxygen atoms in total. The molecule has 1 aliphatic rings. The van der Waals surface area contributed by atoms with Gasteiger partial charge in [0, 0.05) is 5.41 Å². The molecule has 0 bridgehead atoms. The van der Waals surface area contributed by atoms with Gasteiger partial charge in [-0.3, -0.25) is 4.79 Å². The first kappa shape index (κ1) is 11.7. The molecule has 0 radical (unpaired) electrons. The molecular formula is C8H12BrNO3S. The number of alkyl halides is 1. The SMILES string of the molecule is CC(C)(Br)C(=O)NC1C=CS(=O)(=O)C1. The zero-order valence-corrected chi connectivity index (χ0v) is 10.4. The molecule has 1 rings (SSSR count). The molecule has 0 aromatic rings. The molecule has 1 atom stereocenters. The summed E-state index contributed by atoms with van der Waals surface area (Å²) in [5.41, 5.74) is 0. The molecule has 1 heterocycles. The van der Waals surface area contributed by atoms with E-state index < -0.39 is 20.2 Å². The fraction of sp³-hybridized carbons (Fsp3) is 0.625. The summed E-state index contributed by atoms with van der Waals surface area (Å²) in [7, 11) is -3.10. The van der Waals surface area contributed by atoms with Gasteiger partial charge in [-0.05, 0) is 19.9 Å². The van der Waals surface area contributed by atoms with Crippen LogP contribution < -0.4 is 5.32 Å². The van der Waals surface area contributed by atoms with Crippen molar-refractivity contribution in [1.82, 2.24) is 5.32 Å². The molecule has 1 unspecified atom stereocenters. The lowest BCUT2D eigenvalue weighted by Crippen LogP contribution is -2.43. The van der Waals surface area contributed by atoms with Gasteiger partial charge in [-0.1, -0.05) is 15.9 Å². The van der Waals surface area contributed by atoms with Crippen LogP contribution in [0.25, 0.3) is 0 Å². The van der Waals surface area contributed by atoms with Crippen LogP contribution in [0.4, 0.5) is 0 Å². The number of nitrogens with one attached hydrogen (secondary N) is 1. The molecule has 0 spiro atoms. The van der Waals surface area contributed by atoms with Crippen molar-refractivity contribution in [2.45, 2.75) is 24.2 Å². The van der Waals surface area contributed by atoms with Crippen molar-refractivity contribution >= 4 is 31.7 Å². The first-order valence-electron chi connectivity index (χ1n) is 4.11. The van der Waals surface area contributed by atoms with Crippen LogP contribution in [0.1, 0.15) is 13.8 Å². The van der Waals surface area contributed by atoms with Crippen LogP contribution in [0, 0.1) is 0 Å². The molecule has 0 saturated heterocycles. The molecule has 0 fully saturated rings. The molecule has 1 N–H and O–H groups in total. The minimum atomic E-state index is -3.10. The molecular weight excluding hydrogens is 270 g/mol. The summed E-state index contributed by atoms with van der Waals surface area (Å²) in [6.45, 7) is 3.41. The minimum absolute atomic E-state index is 0.0399. The predicted molar refractivity (Wildman–Crippen MR) is 57.9 cm³/mol. The summed E-state index contributed by atoms with van der Waals surface area (Å²) in [6.07, 6.45) is 1.49. The van der Waals surface area contributed by atoms with Crippen molar-refractivity contribution < 1.29 is 13.2 Å². The Hall–Kier alpha value is -0.360. The lowest BCUT2D eigenvalue weighted by Gasteiger charge is -2.18. The highest BCUT2D eigenvalue weighted by Gasteiger charge is 2.29. The maximum atomic E-state index is 11.4. The lowest BCUT2D eigenvalue weighted by molar-refractivity contribution is -0.122. The fourth-order valence-corrected chi connectivity index (χ4v) is 2.36. The number of hydrogen-bond acceptors (Lipinski definition) is 3. The van der Waals surface area contributed by atoms with Crippen LogP contribution in [0.15, 0.2) is 11.5 Å². The van der Waals surface area contributed by atoms with Crippen LogP contribution in [0.3, 0.4) is 0 Å². The smallest absolute Gasteiger partial charge is 0.236 e. The van der Waals surface area contributed by atoms with Gasteiger partial charge in [-0.25, -0.2) is 8.42 Å². The number of rotatable bonds is 2. The van der Waals surface area contributed by atoms with Crippen LogP contribution in [0.5, 0.6) is 0 Å². The first-order valence-corrected chi connectivity index (χ1v) is 6.62. The van der Waals surface area contributed by atoms with Crippen molar-refractivity contribution in [2.24, 2.45) is 0 Å². The summed E-state index contributed by atoms with van der Waals surface area (Å²) in [6, 6.07) is -0.399. The van der Waals surface area contributed by atoms with E-state index in [9.17, 15) is 13.2 Å². The van der Waals surface area contributed by atoms with Crippen LogP contribution >= 0.6 is 15.9 Å². The maximum absolute atomic E-state index is 11.4. The van der Waals surface area contributed by atoms with E-state index >= 15 is 0 Å². The monoisotopic (exact) mass is 281 g/mol. The van der Waals surface area contributed by atoms with E-state index in [1.54, 1.807) is 13.8 Å². The molecule has 1 amide bonds. The number of carbonyl (C=O) groups is 1. The second-order valence-corrected chi connectivity index (χ2v) is 7.62. The van der Waals surface area contributed by atoms with E-state index in [0.29, 0.717) is 0 Å². The number of hydrogen-bond donors (Lipinski definition) is 1. The van der Waals surface area contributed by atoms with E-state index in [1.165, 1.54) is 6.08 Å². The Morgan fingerprint density at radius 2 is 2.14 bits per heavy atom. The van der Waals surface area contributed by atoms with Crippen molar-refractivity contribution in [2.75, 3.05) is 5.75 Å². The van der Waals surface area contributed by atoms with E-state index in [-0.39, 0.29) is 11.7 Å². The maximum Gasteiger partial charge on any atom is 0.236 e. The second kappa shape index (κ2) is 3.66. The summed E-state index contributed by atoms with van der Waals surface area (Å²) >= 11 is 3.19. The fourth-order valence-electron chi connectivity index (χ4n) is 1.01. The van der Waals surface area contributed by atoms with Gasteiger partial charge in [0.2, 0.25) is 5.91 Å². The van der Waals surface area contributed by atoms with E-state index in [4.69, 9.17) is 0 Å². The van der Waals surface area contributed by atoms with Gasteiger partial charge in [-0.2, -0.15) is 0 Å². The predicted octanol–water partition coefficient (Wildman–Crippen LogP) is 0.587. The van der Waals surface area contributed by atoms with Crippen LogP contribution in [-0.2, 0) is 14.6 Å². The van der Waals surface area contributed by atoms with Gasteiger partial charge < -0.3 is 5.32 Å². The highest BCUT2D eigenvalue weighted by molar-refractivity contribution is 9.10. The standard InChI is InChI=1S/C8H12BrNO3S/c1-8(2,9)7(11)10-6-3-4-14(12,13)5-6/h3-4,6H,5H2,1-2H3,(H,10,11). The number of halogens is 1. The Morgan fingerprint density at radius 1 is 1.57 bits per heavy atom. The first-order chi connectivity index (χ1) is 6.21. The molecule has 0 aromatic heterocycles. The zero-order chi connectivity index (χ0) is 11.0. The van der Waals surface area contributed by atoms with Crippen LogP contribution in [-0.4, -0.2) is 30.4 Å². The molecule has 1 aliphatic heterocycles. The van der Waals surface area contributed by atoms with Gasteiger partial charge in [0.05, 0.1) is 16.1 Å².